The van der Waals surface area contributed by atoms with Gasteiger partial charge in [0.05, 0.1) is 52.3 Å². The highest BCUT2D eigenvalue weighted by Crippen LogP contribution is 2.39. The van der Waals surface area contributed by atoms with Gasteiger partial charge in [-0.2, -0.15) is 0 Å². The molecule has 0 spiro atoms. The van der Waals surface area contributed by atoms with Crippen molar-refractivity contribution >= 4 is 37.7 Å². The fourth-order valence-electron chi connectivity index (χ4n) is 4.43. The van der Waals surface area contributed by atoms with Gasteiger partial charge in [-0.15, -0.1) is 0 Å². The van der Waals surface area contributed by atoms with Gasteiger partial charge in [0.2, 0.25) is 0 Å². The van der Waals surface area contributed by atoms with Crippen molar-refractivity contribution in [2.75, 3.05) is 24.8 Å². The Morgan fingerprint density at radius 2 is 1.89 bits per heavy atom. The maximum absolute atomic E-state index is 15.1. The number of rotatable bonds is 5. The van der Waals surface area contributed by atoms with Gasteiger partial charge in [-0.1, -0.05) is 24.3 Å². The molecular weight excluding hydrogens is 484 g/mol. The van der Waals surface area contributed by atoms with Gasteiger partial charge in [0.15, 0.2) is 9.84 Å². The molecule has 36 heavy (non-hydrogen) atoms. The second-order valence-corrected chi connectivity index (χ2v) is 10.6. The van der Waals surface area contributed by atoms with E-state index < -0.39 is 21.5 Å². The van der Waals surface area contributed by atoms with E-state index in [1.165, 1.54) is 6.07 Å². The summed E-state index contributed by atoms with van der Waals surface area (Å²) in [7, 11) is -3.59. The molecule has 6 nitrogen and oxygen atoms in total. The van der Waals surface area contributed by atoms with Crippen LogP contribution in [0, 0.1) is 18.6 Å². The number of ether oxygens (including phenoxy) is 1. The van der Waals surface area contributed by atoms with Crippen LogP contribution in [0.25, 0.3) is 27.7 Å². The van der Waals surface area contributed by atoms with E-state index in [2.05, 4.69) is 15.3 Å². The Balaban J connectivity index is 1.72. The van der Waals surface area contributed by atoms with E-state index in [0.717, 1.165) is 35.9 Å². The molecule has 0 saturated heterocycles. The van der Waals surface area contributed by atoms with Gasteiger partial charge in [-0.25, -0.2) is 22.2 Å². The summed E-state index contributed by atoms with van der Waals surface area (Å²) in [5.74, 6) is -1.55. The first kappa shape index (κ1) is 24.0. The van der Waals surface area contributed by atoms with E-state index in [1.54, 1.807) is 37.5 Å². The van der Waals surface area contributed by atoms with Crippen LogP contribution in [0.3, 0.4) is 0 Å². The fraction of sp³-hybridized carbons (Fsp3) is 0.185. The summed E-state index contributed by atoms with van der Waals surface area (Å²) in [5.41, 5.74) is 4.21. The third kappa shape index (κ3) is 4.59. The zero-order chi connectivity index (χ0) is 25.4. The minimum Gasteiger partial charge on any atom is -0.377 e. The number of nitrogens with zero attached hydrogens (tertiary/aromatic N) is 2. The molecule has 0 unspecified atom stereocenters. The molecule has 5 rings (SSSR count). The Bertz CT molecular complexity index is 1640. The molecule has 0 amide bonds. The molecule has 1 aliphatic rings. The Morgan fingerprint density at radius 3 is 2.64 bits per heavy atom. The van der Waals surface area contributed by atoms with Gasteiger partial charge < -0.3 is 10.1 Å². The number of fused-ring (bicyclic) bond motifs is 1. The lowest BCUT2D eigenvalue weighted by atomic mass is 10.0. The molecule has 2 aromatic carbocycles. The average Bonchev–Trinajstić information content (AvgIpc) is 2.85. The van der Waals surface area contributed by atoms with Crippen molar-refractivity contribution in [2.45, 2.75) is 18.2 Å². The van der Waals surface area contributed by atoms with E-state index >= 15 is 4.39 Å². The predicted molar refractivity (Wildman–Crippen MR) is 136 cm³/mol. The minimum atomic E-state index is -3.59. The normalized spacial score (nSPS) is 14.1. The molecule has 0 saturated carbocycles. The molecule has 3 heterocycles. The Labute approximate surface area is 207 Å². The van der Waals surface area contributed by atoms with Gasteiger partial charge in [0, 0.05) is 30.1 Å². The van der Waals surface area contributed by atoms with E-state index in [4.69, 9.17) is 4.74 Å². The Hall–Kier alpha value is -3.69. The second kappa shape index (κ2) is 9.40. The molecule has 2 aromatic heterocycles. The summed E-state index contributed by atoms with van der Waals surface area (Å²) in [6.07, 6.45) is 7.23. The van der Waals surface area contributed by atoms with Crippen molar-refractivity contribution in [1.29, 1.82) is 0 Å². The molecule has 184 valence electrons. The number of benzene rings is 2. The number of hydrogen-bond acceptors (Lipinski definition) is 6. The van der Waals surface area contributed by atoms with E-state index in [0.29, 0.717) is 41.4 Å². The zero-order valence-electron chi connectivity index (χ0n) is 19.7. The highest BCUT2D eigenvalue weighted by Gasteiger charge is 2.22. The quantitative estimate of drug-likeness (QED) is 0.366. The van der Waals surface area contributed by atoms with Crippen molar-refractivity contribution in [3.8, 4) is 11.3 Å². The summed E-state index contributed by atoms with van der Waals surface area (Å²) in [6.45, 7) is 2.88. The van der Waals surface area contributed by atoms with Crippen LogP contribution < -0.4 is 5.32 Å². The van der Waals surface area contributed by atoms with Crippen molar-refractivity contribution < 1.29 is 21.9 Å². The first-order chi connectivity index (χ1) is 17.2. The fourth-order valence-corrected chi connectivity index (χ4v) is 5.32. The minimum absolute atomic E-state index is 0.0650. The van der Waals surface area contributed by atoms with Gasteiger partial charge in [0.25, 0.3) is 0 Å². The molecule has 1 aliphatic heterocycles. The van der Waals surface area contributed by atoms with Crippen LogP contribution in [-0.4, -0.2) is 37.9 Å². The number of pyridine rings is 2. The van der Waals surface area contributed by atoms with Gasteiger partial charge in [-0.05, 0) is 42.2 Å². The molecule has 1 N–H and O–H groups in total. The third-order valence-corrected chi connectivity index (χ3v) is 7.28. The van der Waals surface area contributed by atoms with Crippen molar-refractivity contribution in [3.05, 3.63) is 83.7 Å². The Kier molecular flexibility index (Phi) is 6.27. The Morgan fingerprint density at radius 1 is 1.08 bits per heavy atom. The maximum Gasteiger partial charge on any atom is 0.176 e. The maximum atomic E-state index is 15.1. The summed E-state index contributed by atoms with van der Waals surface area (Å²) < 4.78 is 59.7. The number of anilines is 2. The van der Waals surface area contributed by atoms with Crippen LogP contribution in [0.5, 0.6) is 0 Å². The molecule has 9 heteroatoms. The lowest BCUT2D eigenvalue weighted by Crippen LogP contribution is -2.06. The molecule has 0 radical (unpaired) electrons. The number of halogens is 2. The van der Waals surface area contributed by atoms with Crippen molar-refractivity contribution in [1.82, 2.24) is 9.97 Å². The summed E-state index contributed by atoms with van der Waals surface area (Å²) in [5, 5.41) is 3.35. The molecule has 0 atom stereocenters. The van der Waals surface area contributed by atoms with E-state index in [1.807, 2.05) is 12.1 Å². The monoisotopic (exact) mass is 507 g/mol. The van der Waals surface area contributed by atoms with Crippen LogP contribution in [0.4, 0.5) is 20.2 Å². The first-order valence-corrected chi connectivity index (χ1v) is 13.2. The molecule has 0 bridgehead atoms. The molecule has 0 fully saturated rings. The predicted octanol–water partition coefficient (Wildman–Crippen LogP) is 5.83. The number of aromatic nitrogens is 2. The van der Waals surface area contributed by atoms with Crippen LogP contribution in [0.1, 0.15) is 17.5 Å². The molecule has 4 aromatic rings. The number of nitrogens with one attached hydrogen (secondary N) is 1. The lowest BCUT2D eigenvalue weighted by Gasteiger charge is -2.19. The van der Waals surface area contributed by atoms with Crippen LogP contribution >= 0.6 is 0 Å². The second-order valence-electron chi connectivity index (χ2n) is 8.65. The van der Waals surface area contributed by atoms with Crippen molar-refractivity contribution in [3.63, 3.8) is 0 Å². The third-order valence-electron chi connectivity index (χ3n) is 6.13. The SMILES string of the molecule is Cc1c(-c2ccccc2S(C)(=O)=O)nc2cc(F)cc(F)c2c1Nc1cncc(C2=CCOCC2)c1. The lowest BCUT2D eigenvalue weighted by molar-refractivity contribution is 0.161. The highest BCUT2D eigenvalue weighted by atomic mass is 32.2. The zero-order valence-corrected chi connectivity index (χ0v) is 20.5. The van der Waals surface area contributed by atoms with Crippen LogP contribution in [0.2, 0.25) is 0 Å². The van der Waals surface area contributed by atoms with Crippen LogP contribution in [0.15, 0.2) is 65.8 Å². The van der Waals surface area contributed by atoms with E-state index in [-0.39, 0.29) is 15.8 Å². The summed E-state index contributed by atoms with van der Waals surface area (Å²) in [6, 6.07) is 10.3. The van der Waals surface area contributed by atoms with E-state index in [9.17, 15) is 12.8 Å². The van der Waals surface area contributed by atoms with Crippen LogP contribution in [-0.2, 0) is 14.6 Å². The van der Waals surface area contributed by atoms with Gasteiger partial charge in [-0.3, -0.25) is 4.98 Å². The standard InChI is InChI=1S/C27H23F2N3O3S/c1-16-26(21-5-3-4-6-24(21)36(2,33)34)32-23-13-19(28)12-22(29)25(23)27(16)31-20-11-18(14-30-15-20)17-7-9-35-10-8-17/h3-7,11-15H,8-10H2,1-2H3,(H,31,32). The van der Waals surface area contributed by atoms with Gasteiger partial charge >= 0.3 is 0 Å². The topological polar surface area (TPSA) is 81.2 Å². The molecule has 0 aliphatic carbocycles. The summed E-state index contributed by atoms with van der Waals surface area (Å²) >= 11 is 0. The highest BCUT2D eigenvalue weighted by molar-refractivity contribution is 7.90. The molecular formula is C27H23F2N3O3S. The first-order valence-electron chi connectivity index (χ1n) is 11.3. The summed E-state index contributed by atoms with van der Waals surface area (Å²) in [4.78, 5) is 8.93. The number of sulfone groups is 1. The number of hydrogen-bond donors (Lipinski definition) is 1. The van der Waals surface area contributed by atoms with Crippen molar-refractivity contribution in [2.24, 2.45) is 0 Å². The smallest absolute Gasteiger partial charge is 0.176 e. The average molecular weight is 508 g/mol. The van der Waals surface area contributed by atoms with Gasteiger partial charge in [0.1, 0.15) is 11.6 Å². The largest absolute Gasteiger partial charge is 0.377 e.